The van der Waals surface area contributed by atoms with Crippen molar-refractivity contribution in [2.24, 2.45) is 0 Å². The van der Waals surface area contributed by atoms with E-state index in [2.05, 4.69) is 25.9 Å². The third-order valence-electron chi connectivity index (χ3n) is 2.62. The molecule has 0 spiro atoms. The molecule has 20 heavy (non-hydrogen) atoms. The van der Waals surface area contributed by atoms with Crippen LogP contribution >= 0.6 is 15.9 Å². The minimum absolute atomic E-state index is 0.0222. The Bertz CT molecular complexity index is 798. The van der Waals surface area contributed by atoms with Crippen molar-refractivity contribution in [3.8, 4) is 18.0 Å². The number of aromatic nitrogens is 3. The predicted octanol–water partition coefficient (Wildman–Crippen LogP) is 1.99. The van der Waals surface area contributed by atoms with Gasteiger partial charge in [0, 0.05) is 5.56 Å². The molecule has 0 aliphatic carbocycles. The van der Waals surface area contributed by atoms with Crippen LogP contribution in [-0.2, 0) is 0 Å². The molecule has 0 bridgehead atoms. The first-order valence-corrected chi connectivity index (χ1v) is 5.98. The Morgan fingerprint density at radius 1 is 1.40 bits per heavy atom. The Labute approximate surface area is 121 Å². The molecule has 0 aromatic carbocycles. The second kappa shape index (κ2) is 5.07. The van der Waals surface area contributed by atoms with Crippen molar-refractivity contribution in [1.29, 1.82) is 10.5 Å². The first-order valence-electron chi connectivity index (χ1n) is 5.18. The van der Waals surface area contributed by atoms with Crippen LogP contribution in [-0.4, -0.2) is 19.5 Å². The largest absolute Gasteiger partial charge is 0.291 e. The molecule has 0 amide bonds. The van der Waals surface area contributed by atoms with Crippen LogP contribution in [0.3, 0.4) is 0 Å². The van der Waals surface area contributed by atoms with Crippen molar-refractivity contribution in [2.45, 2.75) is 6.92 Å². The average Bonchev–Trinajstić information content (AvgIpc) is 2.83. The molecule has 0 aliphatic rings. The van der Waals surface area contributed by atoms with Gasteiger partial charge in [-0.3, -0.25) is 14.7 Å². The molecule has 0 aliphatic heterocycles. The Morgan fingerprint density at radius 2 is 2.10 bits per heavy atom. The third kappa shape index (κ3) is 2.00. The monoisotopic (exact) mass is 332 g/mol. The van der Waals surface area contributed by atoms with E-state index in [4.69, 9.17) is 10.5 Å². The molecule has 9 heteroatoms. The van der Waals surface area contributed by atoms with Crippen LogP contribution in [0.4, 0.5) is 5.69 Å². The van der Waals surface area contributed by atoms with Crippen molar-refractivity contribution in [3.63, 3.8) is 0 Å². The van der Waals surface area contributed by atoms with Gasteiger partial charge in [0.15, 0.2) is 17.2 Å². The summed E-state index contributed by atoms with van der Waals surface area (Å²) in [6, 6.07) is 3.66. The molecule has 98 valence electrons. The molecule has 0 fully saturated rings. The van der Waals surface area contributed by atoms with Crippen LogP contribution in [0, 0.1) is 39.7 Å². The summed E-state index contributed by atoms with van der Waals surface area (Å²) < 4.78 is 1.67. The molecule has 2 aromatic heterocycles. The number of pyridine rings is 1. The van der Waals surface area contributed by atoms with E-state index in [1.165, 1.54) is 10.9 Å². The molecular formula is C11H5BrN6O2. The van der Waals surface area contributed by atoms with E-state index in [9.17, 15) is 10.1 Å². The predicted molar refractivity (Wildman–Crippen MR) is 69.9 cm³/mol. The first kappa shape index (κ1) is 13.6. The van der Waals surface area contributed by atoms with Crippen molar-refractivity contribution in [3.05, 3.63) is 44.1 Å². The summed E-state index contributed by atoms with van der Waals surface area (Å²) in [5.41, 5.74) is 0.224. The molecule has 2 heterocycles. The van der Waals surface area contributed by atoms with Crippen molar-refractivity contribution < 1.29 is 4.92 Å². The molecule has 0 saturated carbocycles. The van der Waals surface area contributed by atoms with Gasteiger partial charge in [-0.1, -0.05) is 0 Å². The molecular weight excluding hydrogens is 328 g/mol. The highest BCUT2D eigenvalue weighted by Crippen LogP contribution is 2.30. The lowest BCUT2D eigenvalue weighted by atomic mass is 10.2. The summed E-state index contributed by atoms with van der Waals surface area (Å²) in [5, 5.41) is 28.7. The molecule has 8 nitrogen and oxygen atoms in total. The van der Waals surface area contributed by atoms with Crippen LogP contribution < -0.4 is 0 Å². The zero-order valence-electron chi connectivity index (χ0n) is 10.0. The normalized spacial score (nSPS) is 9.80. The van der Waals surface area contributed by atoms with Gasteiger partial charge >= 0.3 is 0 Å². The summed E-state index contributed by atoms with van der Waals surface area (Å²) in [5.74, 6) is 0.263. The lowest BCUT2D eigenvalue weighted by Gasteiger charge is -2.07. The molecule has 2 rings (SSSR count). The van der Waals surface area contributed by atoms with Crippen LogP contribution in [0.25, 0.3) is 5.82 Å². The van der Waals surface area contributed by atoms with E-state index >= 15 is 0 Å². The van der Waals surface area contributed by atoms with E-state index in [1.54, 1.807) is 13.0 Å². The molecule has 0 unspecified atom stereocenters. The topological polar surface area (TPSA) is 121 Å². The number of nitriles is 2. The average molecular weight is 333 g/mol. The van der Waals surface area contributed by atoms with Crippen LogP contribution in [0.5, 0.6) is 0 Å². The van der Waals surface area contributed by atoms with Gasteiger partial charge in [-0.15, -0.1) is 0 Å². The third-order valence-corrected chi connectivity index (χ3v) is 3.57. The van der Waals surface area contributed by atoms with Gasteiger partial charge in [0.1, 0.15) is 24.7 Å². The van der Waals surface area contributed by atoms with Gasteiger partial charge in [-0.25, -0.2) is 9.97 Å². The van der Waals surface area contributed by atoms with Crippen LogP contribution in [0.15, 0.2) is 17.0 Å². The summed E-state index contributed by atoms with van der Waals surface area (Å²) >= 11 is 3.22. The second-order valence-electron chi connectivity index (χ2n) is 3.70. The smallest absolute Gasteiger partial charge is 0.272 e. The number of rotatable bonds is 2. The summed E-state index contributed by atoms with van der Waals surface area (Å²) in [4.78, 5) is 18.0. The molecule has 0 N–H and O–H groups in total. The first-order chi connectivity index (χ1) is 9.51. The van der Waals surface area contributed by atoms with E-state index in [0.717, 1.165) is 6.20 Å². The lowest BCUT2D eigenvalue weighted by molar-refractivity contribution is -0.385. The number of hydrogen-bond donors (Lipinski definition) is 0. The molecule has 0 radical (unpaired) electrons. The minimum Gasteiger partial charge on any atom is -0.272 e. The number of imidazole rings is 1. The zero-order valence-corrected chi connectivity index (χ0v) is 11.6. The van der Waals surface area contributed by atoms with Crippen molar-refractivity contribution in [2.75, 3.05) is 0 Å². The Hall–Kier alpha value is -2.78. The SMILES string of the molecule is Cc1c([N+](=O)[O-])cnc(-n2cnc(C#N)c2C#N)c1Br. The fourth-order valence-corrected chi connectivity index (χ4v) is 2.10. The highest BCUT2D eigenvalue weighted by Gasteiger charge is 2.21. The lowest BCUT2D eigenvalue weighted by Crippen LogP contribution is -2.04. The standard InChI is InChI=1S/C11H5BrN6O2/c1-6-9(18(19)20)4-15-11(10(6)12)17-5-16-7(2-13)8(17)3-14/h4-5H,1H3. The fraction of sp³-hybridized carbons (Fsp3) is 0.0909. The number of halogens is 1. The molecule has 2 aromatic rings. The second-order valence-corrected chi connectivity index (χ2v) is 4.49. The van der Waals surface area contributed by atoms with Crippen molar-refractivity contribution in [1.82, 2.24) is 14.5 Å². The van der Waals surface area contributed by atoms with Gasteiger partial charge in [0.05, 0.1) is 9.40 Å². The van der Waals surface area contributed by atoms with Gasteiger partial charge < -0.3 is 0 Å². The maximum absolute atomic E-state index is 10.8. The fourth-order valence-electron chi connectivity index (χ4n) is 1.61. The summed E-state index contributed by atoms with van der Waals surface area (Å²) in [6.07, 6.45) is 2.37. The van der Waals surface area contributed by atoms with Crippen LogP contribution in [0.2, 0.25) is 0 Å². The Balaban J connectivity index is 2.70. The summed E-state index contributed by atoms with van der Waals surface area (Å²) in [7, 11) is 0. The number of nitro groups is 1. The van der Waals surface area contributed by atoms with E-state index in [0.29, 0.717) is 10.0 Å². The maximum atomic E-state index is 10.8. The van der Waals surface area contributed by atoms with E-state index < -0.39 is 4.92 Å². The zero-order chi connectivity index (χ0) is 14.9. The number of hydrogen-bond acceptors (Lipinski definition) is 6. The highest BCUT2D eigenvalue weighted by atomic mass is 79.9. The highest BCUT2D eigenvalue weighted by molar-refractivity contribution is 9.10. The van der Waals surface area contributed by atoms with Crippen LogP contribution in [0.1, 0.15) is 17.0 Å². The van der Waals surface area contributed by atoms with Gasteiger partial charge in [-0.05, 0) is 22.9 Å². The Morgan fingerprint density at radius 3 is 2.65 bits per heavy atom. The Kier molecular flexibility index (Phi) is 3.46. The van der Waals surface area contributed by atoms with Gasteiger partial charge in [-0.2, -0.15) is 10.5 Å². The quantitative estimate of drug-likeness (QED) is 0.612. The summed E-state index contributed by atoms with van der Waals surface area (Å²) in [6.45, 7) is 1.56. The van der Waals surface area contributed by atoms with E-state index in [1.807, 2.05) is 6.07 Å². The minimum atomic E-state index is -0.545. The van der Waals surface area contributed by atoms with Crippen molar-refractivity contribution >= 4 is 21.6 Å². The van der Waals surface area contributed by atoms with Gasteiger partial charge in [0.2, 0.25) is 0 Å². The maximum Gasteiger partial charge on any atom is 0.291 e. The molecule has 0 saturated heterocycles. The van der Waals surface area contributed by atoms with Gasteiger partial charge in [0.25, 0.3) is 5.69 Å². The molecule has 0 atom stereocenters. The number of nitrogens with zero attached hydrogens (tertiary/aromatic N) is 6. The van der Waals surface area contributed by atoms with E-state index in [-0.39, 0.29) is 22.9 Å².